The number of benzene rings is 1. The maximum absolute atomic E-state index is 12.0. The summed E-state index contributed by atoms with van der Waals surface area (Å²) in [5.74, 6) is 0.144. The molecule has 100 valence electrons. The number of alkyl halides is 2. The monoisotopic (exact) mass is 264 g/mol. The van der Waals surface area contributed by atoms with Crippen LogP contribution in [0, 0.1) is 0 Å². The van der Waals surface area contributed by atoms with Gasteiger partial charge in [-0.25, -0.2) is 0 Å². The number of anilines is 1. The van der Waals surface area contributed by atoms with Crippen LogP contribution in [0.5, 0.6) is 5.75 Å². The summed E-state index contributed by atoms with van der Waals surface area (Å²) in [7, 11) is 0. The third kappa shape index (κ3) is 3.91. The molecular formula is C14H14F2N2O. The van der Waals surface area contributed by atoms with Crippen LogP contribution in [-0.4, -0.2) is 11.6 Å². The molecule has 1 heterocycles. The molecule has 0 aliphatic heterocycles. The average molecular weight is 264 g/mol. The maximum atomic E-state index is 12.0. The van der Waals surface area contributed by atoms with Gasteiger partial charge in [-0.1, -0.05) is 6.07 Å². The van der Waals surface area contributed by atoms with E-state index < -0.39 is 6.61 Å². The molecular weight excluding hydrogens is 250 g/mol. The van der Waals surface area contributed by atoms with Gasteiger partial charge in [0.05, 0.1) is 11.7 Å². The minimum Gasteiger partial charge on any atom is -0.435 e. The van der Waals surface area contributed by atoms with Crippen molar-refractivity contribution in [3.63, 3.8) is 0 Å². The Bertz CT molecular complexity index is 503. The van der Waals surface area contributed by atoms with Crippen molar-refractivity contribution in [3.8, 4) is 5.75 Å². The fourth-order valence-electron chi connectivity index (χ4n) is 1.69. The number of nitrogens with zero attached hydrogens (tertiary/aromatic N) is 1. The average Bonchev–Trinajstić information content (AvgIpc) is 2.41. The molecule has 5 heteroatoms. The highest BCUT2D eigenvalue weighted by Crippen LogP contribution is 2.21. The van der Waals surface area contributed by atoms with E-state index in [0.717, 1.165) is 11.4 Å². The summed E-state index contributed by atoms with van der Waals surface area (Å²) in [4.78, 5) is 4.25. The molecule has 2 rings (SSSR count). The lowest BCUT2D eigenvalue weighted by Gasteiger charge is -2.15. The molecule has 0 radical (unpaired) electrons. The van der Waals surface area contributed by atoms with Gasteiger partial charge in [-0.3, -0.25) is 4.98 Å². The Kier molecular flexibility index (Phi) is 4.28. The van der Waals surface area contributed by atoms with Gasteiger partial charge < -0.3 is 10.1 Å². The molecule has 0 spiro atoms. The van der Waals surface area contributed by atoms with E-state index in [4.69, 9.17) is 0 Å². The second-order valence-corrected chi connectivity index (χ2v) is 4.02. The van der Waals surface area contributed by atoms with Crippen molar-refractivity contribution in [1.29, 1.82) is 0 Å². The van der Waals surface area contributed by atoms with Crippen molar-refractivity contribution >= 4 is 5.69 Å². The van der Waals surface area contributed by atoms with Crippen LogP contribution < -0.4 is 10.1 Å². The summed E-state index contributed by atoms with van der Waals surface area (Å²) in [5.41, 5.74) is 1.73. The largest absolute Gasteiger partial charge is 0.435 e. The first kappa shape index (κ1) is 13.3. The molecule has 19 heavy (non-hydrogen) atoms. The van der Waals surface area contributed by atoms with Crippen LogP contribution in [0.1, 0.15) is 18.7 Å². The van der Waals surface area contributed by atoms with Gasteiger partial charge in [0.15, 0.2) is 0 Å². The molecule has 2 aromatic rings. The lowest BCUT2D eigenvalue weighted by Crippen LogP contribution is -2.08. The fourth-order valence-corrected chi connectivity index (χ4v) is 1.69. The van der Waals surface area contributed by atoms with Crippen LogP contribution in [-0.2, 0) is 0 Å². The van der Waals surface area contributed by atoms with Gasteiger partial charge in [-0.15, -0.1) is 0 Å². The first-order valence-corrected chi connectivity index (χ1v) is 5.87. The third-order valence-corrected chi connectivity index (χ3v) is 2.59. The molecule has 1 N–H and O–H groups in total. The van der Waals surface area contributed by atoms with Gasteiger partial charge in [0, 0.05) is 11.9 Å². The summed E-state index contributed by atoms with van der Waals surface area (Å²) >= 11 is 0. The maximum Gasteiger partial charge on any atom is 0.387 e. The van der Waals surface area contributed by atoms with E-state index in [-0.39, 0.29) is 11.8 Å². The van der Waals surface area contributed by atoms with Gasteiger partial charge in [-0.2, -0.15) is 8.78 Å². The molecule has 0 aliphatic carbocycles. The Balaban J connectivity index is 1.99. The van der Waals surface area contributed by atoms with Gasteiger partial charge in [0.1, 0.15) is 5.75 Å². The minimum atomic E-state index is -2.80. The zero-order valence-electron chi connectivity index (χ0n) is 10.4. The number of pyridine rings is 1. The highest BCUT2D eigenvalue weighted by atomic mass is 19.3. The predicted octanol–water partition coefficient (Wildman–Crippen LogP) is 3.86. The molecule has 1 unspecified atom stereocenters. The first-order chi connectivity index (χ1) is 9.15. The standard InChI is InChI=1S/C14H14F2N2O/c1-10(13-4-2-3-9-17-13)18-11-5-7-12(8-6-11)19-14(15)16/h2-10,14,18H,1H3. The Morgan fingerprint density at radius 1 is 1.11 bits per heavy atom. The summed E-state index contributed by atoms with van der Waals surface area (Å²) in [5, 5.41) is 3.23. The summed E-state index contributed by atoms with van der Waals surface area (Å²) in [6.45, 7) is -0.822. The molecule has 1 aromatic heterocycles. The quantitative estimate of drug-likeness (QED) is 0.890. The van der Waals surface area contributed by atoms with E-state index in [1.807, 2.05) is 25.1 Å². The molecule has 0 aliphatic rings. The Morgan fingerprint density at radius 2 is 1.84 bits per heavy atom. The lowest BCUT2D eigenvalue weighted by atomic mass is 10.2. The molecule has 0 amide bonds. The van der Waals surface area contributed by atoms with Crippen LogP contribution in [0.15, 0.2) is 48.7 Å². The smallest absolute Gasteiger partial charge is 0.387 e. The van der Waals surface area contributed by atoms with Crippen LogP contribution >= 0.6 is 0 Å². The number of ether oxygens (including phenoxy) is 1. The molecule has 0 bridgehead atoms. The number of rotatable bonds is 5. The number of nitrogens with one attached hydrogen (secondary N) is 1. The minimum absolute atomic E-state index is 0.0306. The van der Waals surface area contributed by atoms with Gasteiger partial charge >= 0.3 is 6.61 Å². The van der Waals surface area contributed by atoms with Crippen LogP contribution in [0.4, 0.5) is 14.5 Å². The van der Waals surface area contributed by atoms with Crippen molar-refractivity contribution in [2.45, 2.75) is 19.6 Å². The Hall–Kier alpha value is -2.17. The topological polar surface area (TPSA) is 34.1 Å². The highest BCUT2D eigenvalue weighted by molar-refractivity contribution is 5.47. The SMILES string of the molecule is CC(Nc1ccc(OC(F)F)cc1)c1ccccn1. The normalized spacial score (nSPS) is 12.2. The van der Waals surface area contributed by atoms with E-state index in [1.165, 1.54) is 12.1 Å². The lowest BCUT2D eigenvalue weighted by molar-refractivity contribution is -0.0498. The highest BCUT2D eigenvalue weighted by Gasteiger charge is 2.07. The predicted molar refractivity (Wildman–Crippen MR) is 69.3 cm³/mol. The number of hydrogen-bond acceptors (Lipinski definition) is 3. The molecule has 0 saturated carbocycles. The van der Waals surface area contributed by atoms with Gasteiger partial charge in [0.25, 0.3) is 0 Å². The van der Waals surface area contributed by atoms with Crippen molar-refractivity contribution < 1.29 is 13.5 Å². The summed E-state index contributed by atoms with van der Waals surface area (Å²) in [6.07, 6.45) is 1.73. The molecule has 3 nitrogen and oxygen atoms in total. The zero-order chi connectivity index (χ0) is 13.7. The van der Waals surface area contributed by atoms with E-state index in [9.17, 15) is 8.78 Å². The molecule has 0 saturated heterocycles. The van der Waals surface area contributed by atoms with Crippen molar-refractivity contribution in [2.24, 2.45) is 0 Å². The first-order valence-electron chi connectivity index (χ1n) is 5.87. The van der Waals surface area contributed by atoms with E-state index in [1.54, 1.807) is 18.3 Å². The van der Waals surface area contributed by atoms with Crippen molar-refractivity contribution in [2.75, 3.05) is 5.32 Å². The Morgan fingerprint density at radius 3 is 2.42 bits per heavy atom. The van der Waals surface area contributed by atoms with Gasteiger partial charge in [0.2, 0.25) is 0 Å². The van der Waals surface area contributed by atoms with Crippen LogP contribution in [0.25, 0.3) is 0 Å². The molecule has 1 aromatic carbocycles. The summed E-state index contributed by atoms with van der Waals surface area (Å²) < 4.78 is 28.3. The number of hydrogen-bond donors (Lipinski definition) is 1. The Labute approximate surface area is 110 Å². The second kappa shape index (κ2) is 6.13. The molecule has 0 fully saturated rings. The second-order valence-electron chi connectivity index (χ2n) is 4.02. The third-order valence-electron chi connectivity index (χ3n) is 2.59. The van der Waals surface area contributed by atoms with Crippen molar-refractivity contribution in [1.82, 2.24) is 4.98 Å². The zero-order valence-corrected chi connectivity index (χ0v) is 10.4. The van der Waals surface area contributed by atoms with E-state index >= 15 is 0 Å². The van der Waals surface area contributed by atoms with Gasteiger partial charge in [-0.05, 0) is 43.3 Å². The van der Waals surface area contributed by atoms with Crippen molar-refractivity contribution in [3.05, 3.63) is 54.4 Å². The summed E-state index contributed by atoms with van der Waals surface area (Å²) in [6, 6.07) is 12.1. The van der Waals surface area contributed by atoms with E-state index in [2.05, 4.69) is 15.0 Å². The number of halogens is 2. The number of aromatic nitrogens is 1. The van der Waals surface area contributed by atoms with Crippen LogP contribution in [0.3, 0.4) is 0 Å². The fraction of sp³-hybridized carbons (Fsp3) is 0.214. The molecule has 1 atom stereocenters. The van der Waals surface area contributed by atoms with E-state index in [0.29, 0.717) is 0 Å². The van der Waals surface area contributed by atoms with Crippen LogP contribution in [0.2, 0.25) is 0 Å².